The number of nitrogens with one attached hydrogen (secondary N) is 3. The quantitative estimate of drug-likeness (QED) is 0.589. The van der Waals surface area contributed by atoms with E-state index < -0.39 is 0 Å². The molecule has 9 nitrogen and oxygen atoms in total. The highest BCUT2D eigenvalue weighted by atomic mass is 16.2. The van der Waals surface area contributed by atoms with Gasteiger partial charge in [0, 0.05) is 50.7 Å². The molecular formula is C22H26N8O. The number of piperidine rings is 1. The van der Waals surface area contributed by atoms with E-state index in [1.165, 1.54) is 6.21 Å². The Balaban J connectivity index is 1.96. The molecule has 3 rings (SSSR count). The maximum Gasteiger partial charge on any atom is 0.236 e. The van der Waals surface area contributed by atoms with Gasteiger partial charge >= 0.3 is 0 Å². The molecule has 0 bridgehead atoms. The predicted molar refractivity (Wildman–Crippen MR) is 119 cm³/mol. The zero-order valence-electron chi connectivity index (χ0n) is 17.7. The number of nitrogens with zero attached hydrogens (tertiary/aromatic N) is 5. The summed E-state index contributed by atoms with van der Waals surface area (Å²) in [4.78, 5) is 27.6. The van der Waals surface area contributed by atoms with Crippen LogP contribution >= 0.6 is 0 Å². The molecule has 0 spiro atoms. The molecular weight excluding hydrogens is 392 g/mol. The standard InChI is InChI=1S/C22H26N8O/c1-15-6-8-26-19(10-15)28-20-11-18(27-22(29-20)17(12-24)13-25-2)16-4-3-9-30(14-16)21(31)5-7-23/h6,8,10-13,16,24-25H,3-5,9,14H2,1-2H3,(H,26,27,28,29)/b17-13+,24-12?. The second-order valence-corrected chi connectivity index (χ2v) is 7.39. The fraction of sp³-hybridized carbons (Fsp3) is 0.364. The molecule has 1 fully saturated rings. The lowest BCUT2D eigenvalue weighted by Crippen LogP contribution is -2.39. The second kappa shape index (κ2) is 10.3. The number of nitriles is 1. The highest BCUT2D eigenvalue weighted by Crippen LogP contribution is 2.29. The SMILES string of the molecule is CN/C=C(\C=N)c1nc(Nc2cc(C)ccn2)cc(C2CCCN(C(=O)CC#N)C2)n1. The van der Waals surface area contributed by atoms with Crippen molar-refractivity contribution >= 4 is 29.3 Å². The molecule has 1 saturated heterocycles. The number of carbonyl (C=O) groups is 1. The first kappa shape index (κ1) is 21.9. The Morgan fingerprint density at radius 3 is 2.94 bits per heavy atom. The van der Waals surface area contributed by atoms with Crippen LogP contribution in [0.3, 0.4) is 0 Å². The van der Waals surface area contributed by atoms with Crippen LogP contribution in [0.2, 0.25) is 0 Å². The summed E-state index contributed by atoms with van der Waals surface area (Å²) in [6.07, 6.45) is 6.21. The average molecular weight is 419 g/mol. The van der Waals surface area contributed by atoms with Crippen LogP contribution in [0.15, 0.2) is 30.6 Å². The first-order chi connectivity index (χ1) is 15.0. The third-order valence-electron chi connectivity index (χ3n) is 5.05. The summed E-state index contributed by atoms with van der Waals surface area (Å²) in [5.41, 5.74) is 2.40. The topological polar surface area (TPSA) is 131 Å². The summed E-state index contributed by atoms with van der Waals surface area (Å²) in [5.74, 6) is 1.52. The van der Waals surface area contributed by atoms with Crippen molar-refractivity contribution < 1.29 is 4.79 Å². The summed E-state index contributed by atoms with van der Waals surface area (Å²) in [6, 6.07) is 7.64. The van der Waals surface area contributed by atoms with Crippen molar-refractivity contribution in [1.82, 2.24) is 25.2 Å². The minimum Gasteiger partial charge on any atom is -0.393 e. The molecule has 1 aliphatic rings. The number of carbonyl (C=O) groups excluding carboxylic acids is 1. The fourth-order valence-electron chi connectivity index (χ4n) is 3.55. The number of amides is 1. The summed E-state index contributed by atoms with van der Waals surface area (Å²) in [7, 11) is 1.75. The number of pyridine rings is 1. The number of likely N-dealkylation sites (tertiary alicyclic amines) is 1. The lowest BCUT2D eigenvalue weighted by atomic mass is 9.94. The normalized spacial score (nSPS) is 16.4. The van der Waals surface area contributed by atoms with Gasteiger partial charge in [0.2, 0.25) is 5.91 Å². The zero-order chi connectivity index (χ0) is 22.2. The van der Waals surface area contributed by atoms with Crippen molar-refractivity contribution in [2.45, 2.75) is 32.1 Å². The van der Waals surface area contributed by atoms with Crippen molar-refractivity contribution in [3.05, 3.63) is 47.7 Å². The summed E-state index contributed by atoms with van der Waals surface area (Å²) in [6.45, 7) is 3.15. The maximum atomic E-state index is 12.2. The first-order valence-corrected chi connectivity index (χ1v) is 10.2. The maximum absolute atomic E-state index is 12.2. The molecule has 1 unspecified atom stereocenters. The highest BCUT2D eigenvalue weighted by Gasteiger charge is 2.26. The lowest BCUT2D eigenvalue weighted by molar-refractivity contribution is -0.131. The summed E-state index contributed by atoms with van der Waals surface area (Å²) in [5, 5.41) is 22.7. The molecule has 0 aliphatic carbocycles. The fourth-order valence-corrected chi connectivity index (χ4v) is 3.55. The predicted octanol–water partition coefficient (Wildman–Crippen LogP) is 2.75. The molecule has 1 atom stereocenters. The Labute approximate surface area is 181 Å². The largest absolute Gasteiger partial charge is 0.393 e. The molecule has 2 aromatic heterocycles. The van der Waals surface area contributed by atoms with E-state index >= 15 is 0 Å². The smallest absolute Gasteiger partial charge is 0.236 e. The van der Waals surface area contributed by atoms with E-state index in [4.69, 9.17) is 15.7 Å². The van der Waals surface area contributed by atoms with Crippen molar-refractivity contribution in [2.24, 2.45) is 0 Å². The van der Waals surface area contributed by atoms with Gasteiger partial charge in [0.25, 0.3) is 0 Å². The van der Waals surface area contributed by atoms with Gasteiger partial charge in [0.1, 0.15) is 18.1 Å². The lowest BCUT2D eigenvalue weighted by Gasteiger charge is -2.32. The van der Waals surface area contributed by atoms with Crippen molar-refractivity contribution in [3.8, 4) is 6.07 Å². The van der Waals surface area contributed by atoms with E-state index in [1.807, 2.05) is 31.2 Å². The van der Waals surface area contributed by atoms with Gasteiger partial charge < -0.3 is 20.9 Å². The van der Waals surface area contributed by atoms with Gasteiger partial charge in [0.15, 0.2) is 5.82 Å². The van der Waals surface area contributed by atoms with Crippen molar-refractivity contribution in [2.75, 3.05) is 25.5 Å². The molecule has 31 heavy (non-hydrogen) atoms. The molecule has 9 heteroatoms. The zero-order valence-corrected chi connectivity index (χ0v) is 17.7. The number of anilines is 2. The third-order valence-corrected chi connectivity index (χ3v) is 5.05. The van der Waals surface area contributed by atoms with E-state index in [0.717, 1.165) is 24.1 Å². The third kappa shape index (κ3) is 5.63. The molecule has 2 aromatic rings. The van der Waals surface area contributed by atoms with Crippen LogP contribution in [0, 0.1) is 23.7 Å². The van der Waals surface area contributed by atoms with Crippen LogP contribution in [0.1, 0.15) is 42.3 Å². The second-order valence-electron chi connectivity index (χ2n) is 7.39. The minimum absolute atomic E-state index is 0.0192. The Kier molecular flexibility index (Phi) is 7.27. The Morgan fingerprint density at radius 1 is 1.39 bits per heavy atom. The van der Waals surface area contributed by atoms with Crippen LogP contribution < -0.4 is 10.6 Å². The molecule has 0 radical (unpaired) electrons. The van der Waals surface area contributed by atoms with Gasteiger partial charge in [-0.2, -0.15) is 5.26 Å². The van der Waals surface area contributed by atoms with Crippen LogP contribution in [0.4, 0.5) is 11.6 Å². The van der Waals surface area contributed by atoms with Crippen LogP contribution in [0.25, 0.3) is 5.57 Å². The summed E-state index contributed by atoms with van der Waals surface area (Å²) >= 11 is 0. The number of hydrogen-bond acceptors (Lipinski definition) is 8. The van der Waals surface area contributed by atoms with Gasteiger partial charge in [-0.1, -0.05) is 0 Å². The molecule has 0 aromatic carbocycles. The van der Waals surface area contributed by atoms with E-state index in [2.05, 4.69) is 20.6 Å². The van der Waals surface area contributed by atoms with E-state index in [9.17, 15) is 4.79 Å². The Morgan fingerprint density at radius 2 is 2.23 bits per heavy atom. The van der Waals surface area contributed by atoms with Crippen LogP contribution in [0.5, 0.6) is 0 Å². The molecule has 3 N–H and O–H groups in total. The first-order valence-electron chi connectivity index (χ1n) is 10.2. The van der Waals surface area contributed by atoms with Gasteiger partial charge in [-0.15, -0.1) is 0 Å². The van der Waals surface area contributed by atoms with Gasteiger partial charge in [-0.3, -0.25) is 4.79 Å². The number of allylic oxidation sites excluding steroid dienone is 1. The van der Waals surface area contributed by atoms with E-state index in [-0.39, 0.29) is 18.2 Å². The average Bonchev–Trinajstić information content (AvgIpc) is 2.77. The minimum atomic E-state index is -0.154. The molecule has 1 aliphatic heterocycles. The van der Waals surface area contributed by atoms with Crippen molar-refractivity contribution in [3.63, 3.8) is 0 Å². The van der Waals surface area contributed by atoms with Gasteiger partial charge in [-0.05, 0) is 37.5 Å². The highest BCUT2D eigenvalue weighted by molar-refractivity contribution is 6.06. The van der Waals surface area contributed by atoms with E-state index in [0.29, 0.717) is 36.1 Å². The number of rotatable bonds is 7. The van der Waals surface area contributed by atoms with Crippen LogP contribution in [-0.2, 0) is 4.79 Å². The Bertz CT molecular complexity index is 1030. The Hall–Kier alpha value is -3.80. The molecule has 3 heterocycles. The van der Waals surface area contributed by atoms with Crippen molar-refractivity contribution in [1.29, 1.82) is 10.7 Å². The summed E-state index contributed by atoms with van der Waals surface area (Å²) < 4.78 is 0. The van der Waals surface area contributed by atoms with E-state index in [1.54, 1.807) is 24.3 Å². The number of hydrogen-bond donors (Lipinski definition) is 3. The van der Waals surface area contributed by atoms with Crippen LogP contribution in [-0.4, -0.2) is 52.1 Å². The molecule has 1 amide bonds. The van der Waals surface area contributed by atoms with Gasteiger partial charge in [0.05, 0.1) is 17.3 Å². The van der Waals surface area contributed by atoms with Gasteiger partial charge in [-0.25, -0.2) is 15.0 Å². The number of aryl methyl sites for hydroxylation is 1. The number of aromatic nitrogens is 3. The molecule has 160 valence electrons. The monoisotopic (exact) mass is 418 g/mol. The molecule has 0 saturated carbocycles.